The van der Waals surface area contributed by atoms with Crippen molar-refractivity contribution in [3.63, 3.8) is 0 Å². The maximum Gasteiger partial charge on any atom is 0.119 e. The molecule has 0 fully saturated rings. The monoisotopic (exact) mass is 223 g/mol. The largest absolute Gasteiger partial charge is 0.491 e. The highest BCUT2D eigenvalue weighted by molar-refractivity contribution is 5.27. The van der Waals surface area contributed by atoms with Crippen molar-refractivity contribution in [2.75, 3.05) is 13.2 Å². The van der Waals surface area contributed by atoms with E-state index in [1.807, 2.05) is 24.3 Å². The standard InChI is InChI=1S/C13H21NO2/c1-3-8-14-9-12-4-6-13(7-5-12)16-10-11(2)15/h4-7,11,14-15H,3,8-10H2,1-2H3. The van der Waals surface area contributed by atoms with Gasteiger partial charge < -0.3 is 15.2 Å². The highest BCUT2D eigenvalue weighted by atomic mass is 16.5. The molecule has 1 unspecified atom stereocenters. The lowest BCUT2D eigenvalue weighted by molar-refractivity contribution is 0.122. The van der Waals surface area contributed by atoms with E-state index in [1.54, 1.807) is 6.92 Å². The average Bonchev–Trinajstić information content (AvgIpc) is 2.28. The van der Waals surface area contributed by atoms with E-state index in [-0.39, 0.29) is 0 Å². The Bertz CT molecular complexity index is 282. The molecule has 16 heavy (non-hydrogen) atoms. The van der Waals surface area contributed by atoms with Crippen LogP contribution in [0.4, 0.5) is 0 Å². The summed E-state index contributed by atoms with van der Waals surface area (Å²) in [5.74, 6) is 0.806. The average molecular weight is 223 g/mol. The molecule has 0 amide bonds. The van der Waals surface area contributed by atoms with Gasteiger partial charge in [0, 0.05) is 6.54 Å². The zero-order valence-electron chi connectivity index (χ0n) is 10.1. The Morgan fingerprint density at radius 1 is 1.31 bits per heavy atom. The van der Waals surface area contributed by atoms with E-state index in [1.165, 1.54) is 5.56 Å². The molecule has 90 valence electrons. The Morgan fingerprint density at radius 3 is 2.56 bits per heavy atom. The smallest absolute Gasteiger partial charge is 0.119 e. The molecular formula is C13H21NO2. The lowest BCUT2D eigenvalue weighted by atomic mass is 10.2. The van der Waals surface area contributed by atoms with Crippen LogP contribution in [0.5, 0.6) is 5.75 Å². The fourth-order valence-corrected chi connectivity index (χ4v) is 1.33. The van der Waals surface area contributed by atoms with Crippen molar-refractivity contribution in [3.05, 3.63) is 29.8 Å². The minimum absolute atomic E-state index is 0.341. The topological polar surface area (TPSA) is 41.5 Å². The predicted molar refractivity (Wildman–Crippen MR) is 65.6 cm³/mol. The molecule has 3 nitrogen and oxygen atoms in total. The van der Waals surface area contributed by atoms with Gasteiger partial charge in [-0.15, -0.1) is 0 Å². The first-order chi connectivity index (χ1) is 7.72. The molecule has 0 heterocycles. The van der Waals surface area contributed by atoms with E-state index in [0.29, 0.717) is 6.61 Å². The lowest BCUT2D eigenvalue weighted by Gasteiger charge is -2.09. The predicted octanol–water partition coefficient (Wildman–Crippen LogP) is 1.95. The summed E-state index contributed by atoms with van der Waals surface area (Å²) in [5, 5.41) is 12.4. The SMILES string of the molecule is CCCNCc1ccc(OCC(C)O)cc1. The molecule has 3 heteroatoms. The molecule has 0 aromatic heterocycles. The number of aliphatic hydroxyl groups is 1. The van der Waals surface area contributed by atoms with E-state index >= 15 is 0 Å². The Hall–Kier alpha value is -1.06. The third-order valence-electron chi connectivity index (χ3n) is 2.17. The maximum absolute atomic E-state index is 9.08. The zero-order valence-corrected chi connectivity index (χ0v) is 10.1. The second-order valence-corrected chi connectivity index (χ2v) is 3.98. The molecule has 0 saturated heterocycles. The van der Waals surface area contributed by atoms with Crippen molar-refractivity contribution >= 4 is 0 Å². The fraction of sp³-hybridized carbons (Fsp3) is 0.538. The molecule has 1 atom stereocenters. The quantitative estimate of drug-likeness (QED) is 0.694. The number of aliphatic hydroxyl groups excluding tert-OH is 1. The third-order valence-corrected chi connectivity index (χ3v) is 2.17. The van der Waals surface area contributed by atoms with Crippen molar-refractivity contribution in [2.45, 2.75) is 32.9 Å². The summed E-state index contributed by atoms with van der Waals surface area (Å²) in [6.07, 6.45) is 0.723. The van der Waals surface area contributed by atoms with Gasteiger partial charge in [0.2, 0.25) is 0 Å². The van der Waals surface area contributed by atoms with Crippen LogP contribution in [0.2, 0.25) is 0 Å². The van der Waals surface area contributed by atoms with Crippen molar-refractivity contribution < 1.29 is 9.84 Å². The van der Waals surface area contributed by atoms with Gasteiger partial charge >= 0.3 is 0 Å². The van der Waals surface area contributed by atoms with E-state index < -0.39 is 6.10 Å². The number of hydrogen-bond donors (Lipinski definition) is 2. The summed E-state index contributed by atoms with van der Waals surface area (Å²) < 4.78 is 5.38. The van der Waals surface area contributed by atoms with Crippen molar-refractivity contribution in [2.24, 2.45) is 0 Å². The van der Waals surface area contributed by atoms with Gasteiger partial charge in [0.15, 0.2) is 0 Å². The first kappa shape index (κ1) is 13.0. The van der Waals surface area contributed by atoms with Crippen molar-refractivity contribution in [1.82, 2.24) is 5.32 Å². The molecule has 1 rings (SSSR count). The lowest BCUT2D eigenvalue weighted by Crippen LogP contribution is -2.14. The van der Waals surface area contributed by atoms with Crippen LogP contribution in [-0.4, -0.2) is 24.4 Å². The number of rotatable bonds is 7. The molecule has 1 aromatic carbocycles. The van der Waals surface area contributed by atoms with Crippen LogP contribution in [0.25, 0.3) is 0 Å². The number of nitrogens with one attached hydrogen (secondary N) is 1. The zero-order chi connectivity index (χ0) is 11.8. The third kappa shape index (κ3) is 5.14. The second-order valence-electron chi connectivity index (χ2n) is 3.98. The minimum Gasteiger partial charge on any atom is -0.491 e. The Labute approximate surface area is 97.4 Å². The van der Waals surface area contributed by atoms with Gasteiger partial charge in [0.25, 0.3) is 0 Å². The fourth-order valence-electron chi connectivity index (χ4n) is 1.33. The molecule has 0 aliphatic carbocycles. The summed E-state index contributed by atoms with van der Waals surface area (Å²) in [7, 11) is 0. The molecule has 0 saturated carbocycles. The van der Waals surface area contributed by atoms with E-state index in [2.05, 4.69) is 12.2 Å². The normalized spacial score (nSPS) is 12.4. The van der Waals surface area contributed by atoms with Gasteiger partial charge in [-0.3, -0.25) is 0 Å². The van der Waals surface area contributed by atoms with Gasteiger partial charge in [-0.05, 0) is 37.6 Å². The van der Waals surface area contributed by atoms with Crippen LogP contribution < -0.4 is 10.1 Å². The molecular weight excluding hydrogens is 202 g/mol. The van der Waals surface area contributed by atoms with Gasteiger partial charge in [0.05, 0.1) is 6.10 Å². The Kier molecular flexibility index (Phi) is 5.90. The van der Waals surface area contributed by atoms with Crippen LogP contribution in [-0.2, 0) is 6.54 Å². The van der Waals surface area contributed by atoms with Crippen LogP contribution in [0, 0.1) is 0 Å². The summed E-state index contributed by atoms with van der Waals surface area (Å²) in [6, 6.07) is 7.96. The molecule has 2 N–H and O–H groups in total. The van der Waals surface area contributed by atoms with Gasteiger partial charge in [0.1, 0.15) is 12.4 Å². The highest BCUT2D eigenvalue weighted by Gasteiger charge is 1.98. The summed E-state index contributed by atoms with van der Waals surface area (Å²) in [4.78, 5) is 0. The van der Waals surface area contributed by atoms with E-state index in [9.17, 15) is 0 Å². The molecule has 0 aliphatic rings. The molecule has 0 aliphatic heterocycles. The van der Waals surface area contributed by atoms with Gasteiger partial charge in [-0.1, -0.05) is 19.1 Å². The Balaban J connectivity index is 2.35. The van der Waals surface area contributed by atoms with Gasteiger partial charge in [-0.2, -0.15) is 0 Å². The van der Waals surface area contributed by atoms with Crippen molar-refractivity contribution in [1.29, 1.82) is 0 Å². The first-order valence-corrected chi connectivity index (χ1v) is 5.83. The van der Waals surface area contributed by atoms with E-state index in [4.69, 9.17) is 9.84 Å². The number of ether oxygens (including phenoxy) is 1. The number of hydrogen-bond acceptors (Lipinski definition) is 3. The highest BCUT2D eigenvalue weighted by Crippen LogP contribution is 2.12. The molecule has 0 radical (unpaired) electrons. The van der Waals surface area contributed by atoms with Gasteiger partial charge in [-0.25, -0.2) is 0 Å². The second kappa shape index (κ2) is 7.25. The number of benzene rings is 1. The maximum atomic E-state index is 9.08. The first-order valence-electron chi connectivity index (χ1n) is 5.83. The molecule has 0 spiro atoms. The van der Waals surface area contributed by atoms with Crippen LogP contribution in [0.3, 0.4) is 0 Å². The molecule has 1 aromatic rings. The van der Waals surface area contributed by atoms with Crippen LogP contribution in [0.15, 0.2) is 24.3 Å². The van der Waals surface area contributed by atoms with E-state index in [0.717, 1.165) is 25.3 Å². The summed E-state index contributed by atoms with van der Waals surface area (Å²) in [6.45, 7) is 6.14. The van der Waals surface area contributed by atoms with Crippen LogP contribution in [0.1, 0.15) is 25.8 Å². The summed E-state index contributed by atoms with van der Waals surface area (Å²) in [5.41, 5.74) is 1.25. The minimum atomic E-state index is -0.425. The van der Waals surface area contributed by atoms with Crippen molar-refractivity contribution in [3.8, 4) is 5.75 Å². The summed E-state index contributed by atoms with van der Waals surface area (Å²) >= 11 is 0. The Morgan fingerprint density at radius 2 is 2.00 bits per heavy atom. The molecule has 0 bridgehead atoms. The van der Waals surface area contributed by atoms with Crippen LogP contribution >= 0.6 is 0 Å².